The number of rotatable bonds is 7. The zero-order valence-corrected chi connectivity index (χ0v) is 16.3. The SMILES string of the molecule is N=C/C(=C\Nc1csc(C(=O)NC2CNC2)c1)NC(=O)Nc1ccccc1Cl. The molecular weight excluding hydrogens is 400 g/mol. The molecule has 1 aliphatic rings. The van der Waals surface area contributed by atoms with Crippen LogP contribution in [0.15, 0.2) is 47.6 Å². The summed E-state index contributed by atoms with van der Waals surface area (Å²) in [6.07, 6.45) is 2.47. The number of thiophene rings is 1. The molecule has 0 aliphatic carbocycles. The summed E-state index contributed by atoms with van der Waals surface area (Å²) in [4.78, 5) is 24.8. The molecule has 2 heterocycles. The molecule has 2 aromatic rings. The second-order valence-corrected chi connectivity index (χ2v) is 7.29. The molecule has 3 rings (SSSR count). The molecule has 146 valence electrons. The highest BCUT2D eigenvalue weighted by atomic mass is 35.5. The monoisotopic (exact) mass is 418 g/mol. The van der Waals surface area contributed by atoms with Crippen molar-refractivity contribution in [3.63, 3.8) is 0 Å². The van der Waals surface area contributed by atoms with Crippen LogP contribution in [-0.4, -0.2) is 37.3 Å². The topological polar surface area (TPSA) is 118 Å². The predicted molar refractivity (Wildman–Crippen MR) is 113 cm³/mol. The van der Waals surface area contributed by atoms with Crippen molar-refractivity contribution in [2.75, 3.05) is 23.7 Å². The van der Waals surface area contributed by atoms with Gasteiger partial charge >= 0.3 is 6.03 Å². The summed E-state index contributed by atoms with van der Waals surface area (Å²) < 4.78 is 0. The van der Waals surface area contributed by atoms with E-state index in [0.29, 0.717) is 21.3 Å². The molecule has 0 spiro atoms. The molecule has 28 heavy (non-hydrogen) atoms. The molecule has 1 saturated heterocycles. The highest BCUT2D eigenvalue weighted by molar-refractivity contribution is 7.12. The van der Waals surface area contributed by atoms with E-state index >= 15 is 0 Å². The van der Waals surface area contributed by atoms with Crippen LogP contribution >= 0.6 is 22.9 Å². The van der Waals surface area contributed by atoms with Gasteiger partial charge in [0, 0.05) is 36.6 Å². The van der Waals surface area contributed by atoms with Crippen molar-refractivity contribution < 1.29 is 9.59 Å². The number of allylic oxidation sites excluding steroid dienone is 1. The van der Waals surface area contributed by atoms with Crippen LogP contribution in [-0.2, 0) is 0 Å². The maximum Gasteiger partial charge on any atom is 0.323 e. The Bertz CT molecular complexity index is 909. The van der Waals surface area contributed by atoms with Gasteiger partial charge in [0.1, 0.15) is 0 Å². The lowest BCUT2D eigenvalue weighted by molar-refractivity contribution is 0.0928. The molecule has 0 atom stereocenters. The molecule has 0 saturated carbocycles. The number of carbonyl (C=O) groups excluding carboxylic acids is 2. The Morgan fingerprint density at radius 2 is 2.07 bits per heavy atom. The van der Waals surface area contributed by atoms with Crippen LogP contribution in [0.1, 0.15) is 9.67 Å². The van der Waals surface area contributed by atoms with Crippen LogP contribution in [0.5, 0.6) is 0 Å². The normalized spacial score (nSPS) is 14.0. The summed E-state index contributed by atoms with van der Waals surface area (Å²) in [5.41, 5.74) is 1.39. The summed E-state index contributed by atoms with van der Waals surface area (Å²) >= 11 is 7.32. The van der Waals surface area contributed by atoms with Gasteiger partial charge in [-0.15, -0.1) is 11.3 Å². The maximum absolute atomic E-state index is 12.1. The summed E-state index contributed by atoms with van der Waals surface area (Å²) in [7, 11) is 0. The van der Waals surface area contributed by atoms with E-state index in [2.05, 4.69) is 26.6 Å². The van der Waals surface area contributed by atoms with E-state index < -0.39 is 6.03 Å². The number of amides is 3. The zero-order valence-electron chi connectivity index (χ0n) is 14.7. The van der Waals surface area contributed by atoms with Gasteiger partial charge in [-0.25, -0.2) is 4.79 Å². The van der Waals surface area contributed by atoms with Crippen LogP contribution in [0.25, 0.3) is 0 Å². The predicted octanol–water partition coefficient (Wildman–Crippen LogP) is 2.83. The second-order valence-electron chi connectivity index (χ2n) is 5.98. The number of benzene rings is 1. The van der Waals surface area contributed by atoms with Gasteiger partial charge in [-0.1, -0.05) is 23.7 Å². The molecule has 6 N–H and O–H groups in total. The molecule has 1 fully saturated rings. The summed E-state index contributed by atoms with van der Waals surface area (Å²) in [5, 5.41) is 23.8. The van der Waals surface area contributed by atoms with Gasteiger partial charge in [-0.05, 0) is 18.2 Å². The van der Waals surface area contributed by atoms with Crippen LogP contribution in [0.2, 0.25) is 5.02 Å². The van der Waals surface area contributed by atoms with Gasteiger partial charge < -0.3 is 32.0 Å². The number of nitrogens with one attached hydrogen (secondary N) is 6. The lowest BCUT2D eigenvalue weighted by atomic mass is 10.2. The number of hydrogen-bond acceptors (Lipinski definition) is 6. The fraction of sp³-hybridized carbons (Fsp3) is 0.167. The van der Waals surface area contributed by atoms with Gasteiger partial charge in [0.15, 0.2) is 0 Å². The van der Waals surface area contributed by atoms with Crippen molar-refractivity contribution in [2.24, 2.45) is 0 Å². The first kappa shape index (κ1) is 19.9. The quantitative estimate of drug-likeness (QED) is 0.387. The Hall–Kier alpha value is -2.88. The van der Waals surface area contributed by atoms with Crippen molar-refractivity contribution in [3.8, 4) is 0 Å². The number of carbonyl (C=O) groups is 2. The first-order valence-corrected chi connectivity index (χ1v) is 9.71. The highest BCUT2D eigenvalue weighted by Crippen LogP contribution is 2.21. The highest BCUT2D eigenvalue weighted by Gasteiger charge is 2.20. The molecule has 1 aromatic heterocycles. The fourth-order valence-electron chi connectivity index (χ4n) is 2.30. The minimum atomic E-state index is -0.524. The van der Waals surface area contributed by atoms with E-state index in [1.54, 1.807) is 35.7 Å². The fourth-order valence-corrected chi connectivity index (χ4v) is 3.23. The Morgan fingerprint density at radius 3 is 2.75 bits per heavy atom. The number of anilines is 2. The molecule has 0 bridgehead atoms. The first-order valence-electron chi connectivity index (χ1n) is 8.45. The van der Waals surface area contributed by atoms with E-state index in [9.17, 15) is 9.59 Å². The van der Waals surface area contributed by atoms with Gasteiger partial charge in [0.25, 0.3) is 5.91 Å². The lowest BCUT2D eigenvalue weighted by Gasteiger charge is -2.27. The maximum atomic E-state index is 12.1. The average molecular weight is 419 g/mol. The molecule has 1 aromatic carbocycles. The van der Waals surface area contributed by atoms with Crippen molar-refractivity contribution in [1.29, 1.82) is 5.41 Å². The molecule has 3 amide bonds. The molecular formula is C18H19ClN6O2S. The molecule has 0 unspecified atom stereocenters. The Balaban J connectivity index is 1.54. The van der Waals surface area contributed by atoms with E-state index in [1.807, 2.05) is 0 Å². The van der Waals surface area contributed by atoms with Crippen LogP contribution in [0, 0.1) is 5.41 Å². The largest absolute Gasteiger partial charge is 0.359 e. The number of hydrogen-bond donors (Lipinski definition) is 6. The van der Waals surface area contributed by atoms with E-state index in [1.165, 1.54) is 17.5 Å². The van der Waals surface area contributed by atoms with Crippen LogP contribution in [0.4, 0.5) is 16.2 Å². The number of para-hydroxylation sites is 1. The standard InChI is InChI=1S/C18H19ClN6O2S/c19-14-3-1-2-4-15(14)25-18(27)24-12(6-20)9-22-11-5-16(28-10-11)17(26)23-13-7-21-8-13/h1-6,9-10,13,20-22H,7-8H2,(H,23,26)(H2,24,25,27)/b12-9+,20-6?. The molecule has 1 aliphatic heterocycles. The van der Waals surface area contributed by atoms with Gasteiger partial charge in [0.05, 0.1) is 27.3 Å². The van der Waals surface area contributed by atoms with Gasteiger partial charge in [0.2, 0.25) is 0 Å². The van der Waals surface area contributed by atoms with E-state index in [4.69, 9.17) is 17.0 Å². The Labute approximate surface area is 170 Å². The molecule has 8 nitrogen and oxygen atoms in total. The van der Waals surface area contributed by atoms with Crippen LogP contribution in [0.3, 0.4) is 0 Å². The number of urea groups is 1. The average Bonchev–Trinajstić information content (AvgIpc) is 3.12. The summed E-state index contributed by atoms with van der Waals surface area (Å²) in [6, 6.07) is 8.22. The third-order valence-corrected chi connectivity index (χ3v) is 5.13. The zero-order chi connectivity index (χ0) is 19.9. The van der Waals surface area contributed by atoms with Crippen molar-refractivity contribution >= 4 is 52.5 Å². The van der Waals surface area contributed by atoms with Crippen molar-refractivity contribution in [1.82, 2.24) is 16.0 Å². The number of halogens is 1. The Morgan fingerprint density at radius 1 is 1.29 bits per heavy atom. The molecule has 10 heteroatoms. The van der Waals surface area contributed by atoms with E-state index in [-0.39, 0.29) is 17.6 Å². The minimum absolute atomic E-state index is 0.113. The first-order chi connectivity index (χ1) is 13.5. The van der Waals surface area contributed by atoms with Gasteiger partial charge in [-0.3, -0.25) is 4.79 Å². The van der Waals surface area contributed by atoms with Crippen molar-refractivity contribution in [3.05, 3.63) is 57.5 Å². The van der Waals surface area contributed by atoms with Crippen molar-refractivity contribution in [2.45, 2.75) is 6.04 Å². The summed E-state index contributed by atoms with van der Waals surface area (Å²) in [5.74, 6) is -0.113. The van der Waals surface area contributed by atoms with Crippen LogP contribution < -0.4 is 26.6 Å². The van der Waals surface area contributed by atoms with Gasteiger partial charge in [-0.2, -0.15) is 0 Å². The third kappa shape index (κ3) is 5.32. The second kappa shape index (κ2) is 9.36. The third-order valence-electron chi connectivity index (χ3n) is 3.87. The smallest absolute Gasteiger partial charge is 0.323 e. The lowest BCUT2D eigenvalue weighted by Crippen LogP contribution is -2.56. The molecule has 0 radical (unpaired) electrons. The summed E-state index contributed by atoms with van der Waals surface area (Å²) in [6.45, 7) is 1.57. The van der Waals surface area contributed by atoms with E-state index in [0.717, 1.165) is 19.3 Å². The minimum Gasteiger partial charge on any atom is -0.359 e. The Kier molecular flexibility index (Phi) is 6.64.